The second-order valence-electron chi connectivity index (χ2n) is 8.31. The van der Waals surface area contributed by atoms with Crippen molar-refractivity contribution in [3.63, 3.8) is 0 Å². The lowest BCUT2D eigenvalue weighted by Crippen LogP contribution is -2.19. The summed E-state index contributed by atoms with van der Waals surface area (Å²) in [5.41, 5.74) is 2.05. The van der Waals surface area contributed by atoms with Gasteiger partial charge in [0.15, 0.2) is 5.65 Å². The Kier molecular flexibility index (Phi) is 6.00. The number of nitrogens with one attached hydrogen (secondary N) is 1. The highest BCUT2D eigenvalue weighted by Crippen LogP contribution is 2.33. The normalized spacial score (nSPS) is 11.5. The number of carbonyl (C=O) groups excluding carboxylic acids is 1. The third kappa shape index (κ3) is 4.57. The van der Waals surface area contributed by atoms with Crippen LogP contribution in [-0.4, -0.2) is 40.2 Å². The maximum absolute atomic E-state index is 13.9. The first-order valence-corrected chi connectivity index (χ1v) is 11.0. The summed E-state index contributed by atoms with van der Waals surface area (Å²) in [7, 11) is 1.72. The van der Waals surface area contributed by atoms with Crippen LogP contribution in [0.4, 0.5) is 18.9 Å². The molecule has 0 fully saturated rings. The van der Waals surface area contributed by atoms with Gasteiger partial charge in [0.05, 0.1) is 41.4 Å². The number of nitrogens with zero attached hydrogens (tertiary/aromatic N) is 7. The average Bonchev–Trinajstić information content (AvgIpc) is 3.54. The molecule has 0 radical (unpaired) electrons. The summed E-state index contributed by atoms with van der Waals surface area (Å²) >= 11 is 0. The first kappa shape index (κ1) is 23.3. The van der Waals surface area contributed by atoms with Crippen molar-refractivity contribution >= 4 is 22.6 Å². The third-order valence-electron chi connectivity index (χ3n) is 5.64. The molecule has 5 aromatic rings. The molecule has 0 saturated heterocycles. The highest BCUT2D eigenvalue weighted by molar-refractivity contribution is 5.92. The molecule has 0 aliphatic carbocycles. The largest absolute Gasteiger partial charge is 0.322 e. The zero-order valence-electron chi connectivity index (χ0n) is 19.4. The standard InChI is InChI=1S/C24H21F3N8O/c1-14-22-18(23(26)27)7-20(16-8-28-33(2)10-16)31-24(22)35(32-14)13-21(36)30-17-9-29-34(12-17)11-15-5-3-4-6-19(15)25/h3-10,12,23H,11,13H2,1-2H3,(H,30,36). The minimum atomic E-state index is -2.75. The summed E-state index contributed by atoms with van der Waals surface area (Å²) in [6.45, 7) is 1.54. The van der Waals surface area contributed by atoms with Crippen molar-refractivity contribution in [3.05, 3.63) is 77.8 Å². The van der Waals surface area contributed by atoms with Crippen LogP contribution in [-0.2, 0) is 24.9 Å². The lowest BCUT2D eigenvalue weighted by molar-refractivity contribution is -0.116. The number of hydrogen-bond donors (Lipinski definition) is 1. The molecule has 0 bridgehead atoms. The summed E-state index contributed by atoms with van der Waals surface area (Å²) in [6.07, 6.45) is 3.46. The van der Waals surface area contributed by atoms with E-state index < -0.39 is 12.3 Å². The number of hydrogen-bond acceptors (Lipinski definition) is 5. The predicted molar refractivity (Wildman–Crippen MR) is 126 cm³/mol. The van der Waals surface area contributed by atoms with Gasteiger partial charge in [-0.3, -0.25) is 14.2 Å². The molecule has 0 aliphatic heterocycles. The monoisotopic (exact) mass is 494 g/mol. The van der Waals surface area contributed by atoms with Crippen molar-refractivity contribution in [2.45, 2.75) is 26.4 Å². The van der Waals surface area contributed by atoms with E-state index in [9.17, 15) is 18.0 Å². The minimum Gasteiger partial charge on any atom is -0.322 e. The molecule has 0 atom stereocenters. The molecule has 4 aromatic heterocycles. The fourth-order valence-electron chi connectivity index (χ4n) is 4.02. The lowest BCUT2D eigenvalue weighted by atomic mass is 10.1. The number of carbonyl (C=O) groups is 1. The number of anilines is 1. The Morgan fingerprint density at radius 2 is 1.94 bits per heavy atom. The van der Waals surface area contributed by atoms with Crippen molar-refractivity contribution in [1.29, 1.82) is 0 Å². The van der Waals surface area contributed by atoms with Crippen molar-refractivity contribution in [3.8, 4) is 11.3 Å². The van der Waals surface area contributed by atoms with E-state index in [-0.39, 0.29) is 35.5 Å². The SMILES string of the molecule is Cc1nn(CC(=O)Nc2cnn(Cc3ccccc3F)c2)c2nc(-c3cnn(C)c3)cc(C(F)F)c12. The average molecular weight is 494 g/mol. The van der Waals surface area contributed by atoms with Gasteiger partial charge < -0.3 is 5.32 Å². The van der Waals surface area contributed by atoms with Crippen molar-refractivity contribution in [1.82, 2.24) is 34.3 Å². The second kappa shape index (κ2) is 9.29. The lowest BCUT2D eigenvalue weighted by Gasteiger charge is -2.08. The quantitative estimate of drug-likeness (QED) is 0.368. The molecule has 4 heterocycles. The van der Waals surface area contributed by atoms with Gasteiger partial charge in [0.25, 0.3) is 6.43 Å². The zero-order chi connectivity index (χ0) is 25.4. The molecule has 0 aliphatic rings. The zero-order valence-corrected chi connectivity index (χ0v) is 19.4. The Hall–Kier alpha value is -4.48. The second-order valence-corrected chi connectivity index (χ2v) is 8.31. The molecule has 0 unspecified atom stereocenters. The Morgan fingerprint density at radius 3 is 2.67 bits per heavy atom. The predicted octanol–water partition coefficient (Wildman–Crippen LogP) is 4.10. The number of aryl methyl sites for hydroxylation is 2. The molecule has 0 spiro atoms. The van der Waals surface area contributed by atoms with Gasteiger partial charge in [-0.2, -0.15) is 15.3 Å². The molecule has 1 amide bonds. The van der Waals surface area contributed by atoms with Gasteiger partial charge >= 0.3 is 0 Å². The van der Waals surface area contributed by atoms with Crippen molar-refractivity contribution in [2.75, 3.05) is 5.32 Å². The molecule has 184 valence electrons. The van der Waals surface area contributed by atoms with E-state index in [4.69, 9.17) is 0 Å². The fraction of sp³-hybridized carbons (Fsp3) is 0.208. The number of alkyl halides is 2. The third-order valence-corrected chi connectivity index (χ3v) is 5.64. The Morgan fingerprint density at radius 1 is 1.14 bits per heavy atom. The van der Waals surface area contributed by atoms with E-state index in [1.54, 1.807) is 49.2 Å². The summed E-state index contributed by atoms with van der Waals surface area (Å²) in [6, 6.07) is 7.68. The summed E-state index contributed by atoms with van der Waals surface area (Å²) in [5.74, 6) is -0.794. The van der Waals surface area contributed by atoms with E-state index >= 15 is 0 Å². The molecule has 36 heavy (non-hydrogen) atoms. The first-order valence-electron chi connectivity index (χ1n) is 11.0. The maximum atomic E-state index is 13.9. The van der Waals surface area contributed by atoms with Gasteiger partial charge in [-0.1, -0.05) is 18.2 Å². The topological polar surface area (TPSA) is 95.5 Å². The molecule has 9 nitrogen and oxygen atoms in total. The fourth-order valence-corrected chi connectivity index (χ4v) is 4.02. The number of amides is 1. The molecule has 1 N–H and O–H groups in total. The van der Waals surface area contributed by atoms with Crippen LogP contribution in [0, 0.1) is 12.7 Å². The van der Waals surface area contributed by atoms with E-state index in [1.165, 1.54) is 33.9 Å². The van der Waals surface area contributed by atoms with Crippen LogP contribution >= 0.6 is 0 Å². The maximum Gasteiger partial charge on any atom is 0.264 e. The van der Waals surface area contributed by atoms with Gasteiger partial charge in [0.2, 0.25) is 5.91 Å². The smallest absolute Gasteiger partial charge is 0.264 e. The van der Waals surface area contributed by atoms with Crippen LogP contribution in [0.2, 0.25) is 0 Å². The molecule has 12 heteroatoms. The minimum absolute atomic E-state index is 0.176. The van der Waals surface area contributed by atoms with Crippen LogP contribution in [0.3, 0.4) is 0 Å². The van der Waals surface area contributed by atoms with Gasteiger partial charge in [0.1, 0.15) is 12.4 Å². The Bertz CT molecular complexity index is 1570. The first-order chi connectivity index (χ1) is 17.3. The van der Waals surface area contributed by atoms with E-state index in [0.29, 0.717) is 28.2 Å². The molecular formula is C24H21F3N8O. The molecule has 5 rings (SSSR count). The number of rotatable bonds is 7. The molecule has 0 saturated carbocycles. The van der Waals surface area contributed by atoms with Crippen LogP contribution < -0.4 is 5.32 Å². The van der Waals surface area contributed by atoms with Crippen LogP contribution in [0.15, 0.2) is 55.1 Å². The number of fused-ring (bicyclic) bond motifs is 1. The van der Waals surface area contributed by atoms with Crippen LogP contribution in [0.5, 0.6) is 0 Å². The van der Waals surface area contributed by atoms with Crippen LogP contribution in [0.1, 0.15) is 23.2 Å². The number of pyridine rings is 1. The Labute approximate surface area is 203 Å². The van der Waals surface area contributed by atoms with Crippen molar-refractivity contribution in [2.24, 2.45) is 7.05 Å². The highest BCUT2D eigenvalue weighted by Gasteiger charge is 2.22. The number of aromatic nitrogens is 7. The summed E-state index contributed by atoms with van der Waals surface area (Å²) in [4.78, 5) is 17.3. The van der Waals surface area contributed by atoms with E-state index in [0.717, 1.165) is 0 Å². The van der Waals surface area contributed by atoms with Crippen molar-refractivity contribution < 1.29 is 18.0 Å². The van der Waals surface area contributed by atoms with Gasteiger partial charge in [-0.25, -0.2) is 22.8 Å². The number of benzene rings is 1. The van der Waals surface area contributed by atoms with E-state index in [2.05, 4.69) is 25.6 Å². The molecule has 1 aromatic carbocycles. The van der Waals surface area contributed by atoms with Crippen LogP contribution in [0.25, 0.3) is 22.3 Å². The molecular weight excluding hydrogens is 473 g/mol. The highest BCUT2D eigenvalue weighted by atomic mass is 19.3. The van der Waals surface area contributed by atoms with Gasteiger partial charge in [0, 0.05) is 36.1 Å². The Balaban J connectivity index is 1.39. The summed E-state index contributed by atoms with van der Waals surface area (Å²) in [5, 5.41) is 15.5. The van der Waals surface area contributed by atoms with Gasteiger partial charge in [-0.05, 0) is 19.1 Å². The summed E-state index contributed by atoms with van der Waals surface area (Å²) < 4.78 is 46.1. The van der Waals surface area contributed by atoms with E-state index in [1.807, 2.05) is 0 Å². The van der Waals surface area contributed by atoms with Gasteiger partial charge in [-0.15, -0.1) is 0 Å². The number of halogens is 3.